The van der Waals surface area contributed by atoms with Gasteiger partial charge in [0.2, 0.25) is 0 Å². The molecule has 1 atom stereocenters. The Bertz CT molecular complexity index is 674. The molecule has 5 heteroatoms. The summed E-state index contributed by atoms with van der Waals surface area (Å²) in [6.45, 7) is 0.514. The molecule has 0 fully saturated rings. The Kier molecular flexibility index (Phi) is 6.19. The van der Waals surface area contributed by atoms with Crippen molar-refractivity contribution in [3.63, 3.8) is 0 Å². The topological polar surface area (TPSA) is 41.6 Å². The Morgan fingerprint density at radius 2 is 1.96 bits per heavy atom. The standard InChI is InChI=1S/C18H21BrN2O2/c1-21(2)17(13-7-6-8-14(11-13)23-3)12-20-18(22)15-9-4-5-10-16(15)19/h4-11,17H,12H2,1-3H3,(H,20,22)/t17-/m1/s1. The molecule has 0 radical (unpaired) electrons. The molecule has 1 amide bonds. The van der Waals surface area contributed by atoms with Crippen LogP contribution in [0.5, 0.6) is 5.75 Å². The van der Waals surface area contributed by atoms with Crippen molar-refractivity contribution >= 4 is 21.8 Å². The van der Waals surface area contributed by atoms with Crippen molar-refractivity contribution in [3.05, 3.63) is 64.1 Å². The largest absolute Gasteiger partial charge is 0.497 e. The third kappa shape index (κ3) is 4.56. The average Bonchev–Trinajstić information content (AvgIpc) is 2.55. The van der Waals surface area contributed by atoms with Crippen molar-refractivity contribution in [1.29, 1.82) is 0 Å². The first kappa shape index (κ1) is 17.5. The van der Waals surface area contributed by atoms with Crippen LogP contribution in [0.1, 0.15) is 22.0 Å². The van der Waals surface area contributed by atoms with E-state index >= 15 is 0 Å². The Balaban J connectivity index is 2.11. The summed E-state index contributed by atoms with van der Waals surface area (Å²) >= 11 is 3.41. The molecule has 0 unspecified atom stereocenters. The van der Waals surface area contributed by atoms with Crippen LogP contribution in [0.25, 0.3) is 0 Å². The summed E-state index contributed by atoms with van der Waals surface area (Å²) in [6, 6.07) is 15.4. The third-order valence-electron chi connectivity index (χ3n) is 3.68. The number of likely N-dealkylation sites (N-methyl/N-ethyl adjacent to an activating group) is 1. The fraction of sp³-hybridized carbons (Fsp3) is 0.278. The second-order valence-electron chi connectivity index (χ2n) is 5.45. The van der Waals surface area contributed by atoms with Crippen molar-refractivity contribution < 1.29 is 9.53 Å². The number of halogens is 1. The van der Waals surface area contributed by atoms with Gasteiger partial charge >= 0.3 is 0 Å². The van der Waals surface area contributed by atoms with E-state index in [1.165, 1.54) is 0 Å². The van der Waals surface area contributed by atoms with E-state index in [4.69, 9.17) is 4.74 Å². The highest BCUT2D eigenvalue weighted by Gasteiger charge is 2.17. The minimum absolute atomic E-state index is 0.0662. The van der Waals surface area contributed by atoms with E-state index in [0.29, 0.717) is 12.1 Å². The maximum absolute atomic E-state index is 12.4. The molecule has 0 aromatic heterocycles. The van der Waals surface area contributed by atoms with E-state index in [9.17, 15) is 4.79 Å². The maximum Gasteiger partial charge on any atom is 0.252 e. The van der Waals surface area contributed by atoms with Crippen molar-refractivity contribution in [2.75, 3.05) is 27.7 Å². The van der Waals surface area contributed by atoms with Crippen LogP contribution >= 0.6 is 15.9 Å². The van der Waals surface area contributed by atoms with E-state index in [-0.39, 0.29) is 11.9 Å². The Morgan fingerprint density at radius 3 is 2.61 bits per heavy atom. The lowest BCUT2D eigenvalue weighted by Crippen LogP contribution is -2.34. The second kappa shape index (κ2) is 8.13. The SMILES string of the molecule is COc1cccc([C@@H](CNC(=O)c2ccccc2Br)N(C)C)c1. The molecule has 0 aliphatic rings. The number of carbonyl (C=O) groups excluding carboxylic acids is 1. The predicted molar refractivity (Wildman–Crippen MR) is 95.9 cm³/mol. The summed E-state index contributed by atoms with van der Waals surface area (Å²) in [5.41, 5.74) is 1.73. The van der Waals surface area contributed by atoms with Crippen molar-refractivity contribution in [2.45, 2.75) is 6.04 Å². The van der Waals surface area contributed by atoms with Crippen molar-refractivity contribution in [3.8, 4) is 5.75 Å². The fourth-order valence-corrected chi connectivity index (χ4v) is 2.84. The summed E-state index contributed by atoms with van der Waals surface area (Å²) in [4.78, 5) is 14.4. The molecule has 2 aromatic rings. The highest BCUT2D eigenvalue weighted by molar-refractivity contribution is 9.10. The minimum Gasteiger partial charge on any atom is -0.497 e. The van der Waals surface area contributed by atoms with Crippen LogP contribution in [-0.4, -0.2) is 38.6 Å². The van der Waals surface area contributed by atoms with Crippen LogP contribution in [-0.2, 0) is 0 Å². The van der Waals surface area contributed by atoms with Gasteiger partial charge in [0.25, 0.3) is 5.91 Å². The minimum atomic E-state index is -0.0905. The first-order valence-corrected chi connectivity index (χ1v) is 8.15. The fourth-order valence-electron chi connectivity index (χ4n) is 2.38. The van der Waals surface area contributed by atoms with Crippen molar-refractivity contribution in [2.24, 2.45) is 0 Å². The molecule has 1 N–H and O–H groups in total. The average molecular weight is 377 g/mol. The molecule has 0 saturated heterocycles. The third-order valence-corrected chi connectivity index (χ3v) is 4.37. The molecule has 4 nitrogen and oxygen atoms in total. The number of nitrogens with one attached hydrogen (secondary N) is 1. The van der Waals surface area contributed by atoms with Crippen LogP contribution < -0.4 is 10.1 Å². The first-order chi connectivity index (χ1) is 11.0. The number of rotatable bonds is 6. The molecule has 122 valence electrons. The normalized spacial score (nSPS) is 12.0. The van der Waals surface area contributed by atoms with Gasteiger partial charge in [-0.25, -0.2) is 0 Å². The molecule has 23 heavy (non-hydrogen) atoms. The first-order valence-electron chi connectivity index (χ1n) is 7.36. The Morgan fingerprint density at radius 1 is 1.22 bits per heavy atom. The van der Waals surface area contributed by atoms with Gasteiger partial charge in [-0.05, 0) is 59.9 Å². The van der Waals surface area contributed by atoms with Crippen LogP contribution in [0.15, 0.2) is 53.0 Å². The predicted octanol–water partition coefficient (Wildman–Crippen LogP) is 3.49. The lowest BCUT2D eigenvalue weighted by molar-refractivity contribution is 0.0941. The van der Waals surface area contributed by atoms with Gasteiger partial charge < -0.3 is 15.0 Å². The van der Waals surface area contributed by atoms with Crippen LogP contribution in [0, 0.1) is 0 Å². The summed E-state index contributed by atoms with van der Waals surface area (Å²) < 4.78 is 6.08. The molecule has 2 rings (SSSR count). The van der Waals surface area contributed by atoms with Crippen LogP contribution in [0.4, 0.5) is 0 Å². The van der Waals surface area contributed by atoms with E-state index < -0.39 is 0 Å². The molecular weight excluding hydrogens is 356 g/mol. The number of ether oxygens (including phenoxy) is 1. The van der Waals surface area contributed by atoms with Gasteiger partial charge in [0, 0.05) is 11.0 Å². The molecule has 0 saturated carbocycles. The molecule has 0 aliphatic heterocycles. The van der Waals surface area contributed by atoms with E-state index in [1.807, 2.05) is 56.6 Å². The van der Waals surface area contributed by atoms with E-state index in [0.717, 1.165) is 15.8 Å². The number of carbonyl (C=O) groups is 1. The zero-order valence-corrected chi connectivity index (χ0v) is 15.1. The number of hydrogen-bond acceptors (Lipinski definition) is 3. The number of methoxy groups -OCH3 is 1. The molecule has 0 heterocycles. The van der Waals surface area contributed by atoms with Gasteiger partial charge in [-0.1, -0.05) is 24.3 Å². The highest BCUT2D eigenvalue weighted by Crippen LogP contribution is 2.22. The lowest BCUT2D eigenvalue weighted by atomic mass is 10.1. The quantitative estimate of drug-likeness (QED) is 0.838. The van der Waals surface area contributed by atoms with Gasteiger partial charge in [-0.2, -0.15) is 0 Å². The molecule has 0 spiro atoms. The van der Waals surface area contributed by atoms with Gasteiger partial charge in [-0.15, -0.1) is 0 Å². The second-order valence-corrected chi connectivity index (χ2v) is 6.30. The number of benzene rings is 2. The lowest BCUT2D eigenvalue weighted by Gasteiger charge is -2.25. The maximum atomic E-state index is 12.4. The van der Waals surface area contributed by atoms with Crippen LogP contribution in [0.2, 0.25) is 0 Å². The van der Waals surface area contributed by atoms with Gasteiger partial charge in [0.1, 0.15) is 5.75 Å². The Hall–Kier alpha value is -1.85. The number of nitrogens with zero attached hydrogens (tertiary/aromatic N) is 1. The van der Waals surface area contributed by atoms with E-state index in [2.05, 4.69) is 26.1 Å². The number of amides is 1. The summed E-state index contributed by atoms with van der Waals surface area (Å²) in [5, 5.41) is 3.01. The highest BCUT2D eigenvalue weighted by atomic mass is 79.9. The van der Waals surface area contributed by atoms with Crippen LogP contribution in [0.3, 0.4) is 0 Å². The smallest absolute Gasteiger partial charge is 0.252 e. The molecule has 0 aliphatic carbocycles. The Labute approximate surface area is 145 Å². The van der Waals surface area contributed by atoms with E-state index in [1.54, 1.807) is 13.2 Å². The molecular formula is C18H21BrN2O2. The zero-order chi connectivity index (χ0) is 16.8. The van der Waals surface area contributed by atoms with Gasteiger partial charge in [-0.3, -0.25) is 4.79 Å². The summed E-state index contributed by atoms with van der Waals surface area (Å²) in [7, 11) is 5.64. The monoisotopic (exact) mass is 376 g/mol. The molecule has 0 bridgehead atoms. The summed E-state index contributed by atoms with van der Waals surface area (Å²) in [6.07, 6.45) is 0. The van der Waals surface area contributed by atoms with Gasteiger partial charge in [0.15, 0.2) is 0 Å². The molecule has 2 aromatic carbocycles. The van der Waals surface area contributed by atoms with Gasteiger partial charge in [0.05, 0.1) is 18.7 Å². The van der Waals surface area contributed by atoms with Crippen molar-refractivity contribution in [1.82, 2.24) is 10.2 Å². The zero-order valence-electron chi connectivity index (χ0n) is 13.5. The number of hydrogen-bond donors (Lipinski definition) is 1. The summed E-state index contributed by atoms with van der Waals surface area (Å²) in [5.74, 6) is 0.721.